The number of nitrogens with one attached hydrogen (secondary N) is 1. The molecule has 0 fully saturated rings. The van der Waals surface area contributed by atoms with Crippen LogP contribution in [0.5, 0.6) is 0 Å². The maximum Gasteiger partial charge on any atom is 0.256 e. The summed E-state index contributed by atoms with van der Waals surface area (Å²) in [6, 6.07) is 21.8. The van der Waals surface area contributed by atoms with Crippen LogP contribution >= 0.6 is 0 Å². The molecule has 6 heteroatoms. The van der Waals surface area contributed by atoms with E-state index < -0.39 is 9.84 Å². The number of benzene rings is 3. The number of rotatable bonds is 5. The lowest BCUT2D eigenvalue weighted by Crippen LogP contribution is -2.14. The van der Waals surface area contributed by atoms with Gasteiger partial charge in [0, 0.05) is 29.3 Å². The molecule has 0 saturated carbocycles. The van der Waals surface area contributed by atoms with Crippen LogP contribution in [0.2, 0.25) is 0 Å². The zero-order valence-corrected chi connectivity index (χ0v) is 20.4. The first kappa shape index (κ1) is 23.4. The number of amides is 1. The largest absolute Gasteiger partial charge is 0.322 e. The third kappa shape index (κ3) is 4.92. The first-order valence-corrected chi connectivity index (χ1v) is 12.8. The van der Waals surface area contributed by atoms with E-state index in [2.05, 4.69) is 10.3 Å². The molecule has 1 amide bonds. The predicted octanol–water partition coefficient (Wildman–Crippen LogP) is 6.00. The molecule has 1 N–H and O–H groups in total. The maximum absolute atomic E-state index is 13.4. The van der Waals surface area contributed by atoms with Crippen molar-refractivity contribution in [2.24, 2.45) is 0 Å². The van der Waals surface area contributed by atoms with E-state index >= 15 is 0 Å². The second kappa shape index (κ2) is 9.23. The fourth-order valence-electron chi connectivity index (χ4n) is 3.87. The number of anilines is 1. The number of sulfone groups is 1. The van der Waals surface area contributed by atoms with Crippen molar-refractivity contribution in [2.45, 2.75) is 25.7 Å². The third-order valence-electron chi connectivity index (χ3n) is 5.98. The van der Waals surface area contributed by atoms with Crippen LogP contribution in [0.4, 0.5) is 5.69 Å². The minimum atomic E-state index is -3.44. The van der Waals surface area contributed by atoms with Crippen molar-refractivity contribution in [3.8, 4) is 22.4 Å². The molecule has 0 bridgehead atoms. The van der Waals surface area contributed by atoms with Crippen molar-refractivity contribution in [1.29, 1.82) is 0 Å². The Labute approximate surface area is 200 Å². The van der Waals surface area contributed by atoms with Gasteiger partial charge in [-0.2, -0.15) is 0 Å². The van der Waals surface area contributed by atoms with Gasteiger partial charge in [0.2, 0.25) is 0 Å². The van der Waals surface area contributed by atoms with Crippen LogP contribution in [0, 0.1) is 20.8 Å². The molecule has 4 aromatic rings. The molecule has 4 rings (SSSR count). The zero-order valence-electron chi connectivity index (χ0n) is 19.6. The maximum atomic E-state index is 13.4. The van der Waals surface area contributed by atoms with Crippen molar-refractivity contribution >= 4 is 21.4 Å². The van der Waals surface area contributed by atoms with Gasteiger partial charge in [-0.15, -0.1) is 0 Å². The first-order valence-electron chi connectivity index (χ1n) is 10.9. The van der Waals surface area contributed by atoms with Crippen LogP contribution in [0.3, 0.4) is 0 Å². The zero-order chi connectivity index (χ0) is 24.5. The summed E-state index contributed by atoms with van der Waals surface area (Å²) in [6.07, 6.45) is 2.89. The summed E-state index contributed by atoms with van der Waals surface area (Å²) >= 11 is 0. The van der Waals surface area contributed by atoms with Crippen LogP contribution in [0.1, 0.15) is 27.0 Å². The average molecular weight is 471 g/mol. The molecule has 3 aromatic carbocycles. The van der Waals surface area contributed by atoms with E-state index in [1.54, 1.807) is 18.3 Å². The SMILES string of the molecule is Cc1cc(-c2cc(S(C)(=O)=O)ccc2C(=O)Nc2cccc(-c3ccccn3)c2)cc(C)c1C. The minimum absolute atomic E-state index is 0.173. The van der Waals surface area contributed by atoms with E-state index in [-0.39, 0.29) is 10.8 Å². The lowest BCUT2D eigenvalue weighted by molar-refractivity contribution is 0.102. The molecular weight excluding hydrogens is 444 g/mol. The summed E-state index contributed by atoms with van der Waals surface area (Å²) in [5.41, 5.74) is 7.42. The highest BCUT2D eigenvalue weighted by Crippen LogP contribution is 2.31. The molecule has 0 aliphatic heterocycles. The van der Waals surface area contributed by atoms with Crippen molar-refractivity contribution in [2.75, 3.05) is 11.6 Å². The predicted molar refractivity (Wildman–Crippen MR) is 137 cm³/mol. The Balaban J connectivity index is 1.76. The number of aromatic nitrogens is 1. The summed E-state index contributed by atoms with van der Waals surface area (Å²) in [5.74, 6) is -0.316. The lowest BCUT2D eigenvalue weighted by Gasteiger charge is -2.15. The Hall–Kier alpha value is -3.77. The average Bonchev–Trinajstić information content (AvgIpc) is 2.82. The van der Waals surface area contributed by atoms with Gasteiger partial charge in [-0.3, -0.25) is 9.78 Å². The molecule has 34 heavy (non-hydrogen) atoms. The van der Waals surface area contributed by atoms with Crippen LogP contribution in [0.15, 0.2) is 83.9 Å². The molecule has 0 aliphatic carbocycles. The second-order valence-electron chi connectivity index (χ2n) is 8.46. The number of hydrogen-bond donors (Lipinski definition) is 1. The molecular formula is C28H26N2O3S. The smallest absolute Gasteiger partial charge is 0.256 e. The van der Waals surface area contributed by atoms with Crippen molar-refractivity contribution < 1.29 is 13.2 Å². The van der Waals surface area contributed by atoms with Gasteiger partial charge in [-0.1, -0.05) is 30.3 Å². The van der Waals surface area contributed by atoms with Gasteiger partial charge in [-0.05, 0) is 91.1 Å². The highest BCUT2D eigenvalue weighted by Gasteiger charge is 2.18. The van der Waals surface area contributed by atoms with E-state index in [0.29, 0.717) is 16.8 Å². The normalized spacial score (nSPS) is 11.3. The Bertz CT molecular complexity index is 1470. The van der Waals surface area contributed by atoms with E-state index in [1.165, 1.54) is 17.9 Å². The first-order chi connectivity index (χ1) is 16.1. The Morgan fingerprint density at radius 3 is 2.21 bits per heavy atom. The van der Waals surface area contributed by atoms with Crippen LogP contribution < -0.4 is 5.32 Å². The Morgan fingerprint density at radius 1 is 0.824 bits per heavy atom. The van der Waals surface area contributed by atoms with Gasteiger partial charge in [0.25, 0.3) is 5.91 Å². The highest BCUT2D eigenvalue weighted by molar-refractivity contribution is 7.90. The standard InChI is InChI=1S/C28H26N2O3S/c1-18-14-22(15-19(2)20(18)3)26-17-24(34(4,32)33)11-12-25(26)28(31)30-23-9-7-8-21(16-23)27-10-5-6-13-29-27/h5-17H,1-4H3,(H,30,31). The molecule has 172 valence electrons. The van der Waals surface area contributed by atoms with Crippen LogP contribution in [-0.4, -0.2) is 25.6 Å². The number of carbonyl (C=O) groups is 1. The molecule has 0 spiro atoms. The van der Waals surface area contributed by atoms with Gasteiger partial charge in [0.15, 0.2) is 9.84 Å². The topological polar surface area (TPSA) is 76.1 Å². The molecule has 0 radical (unpaired) electrons. The third-order valence-corrected chi connectivity index (χ3v) is 7.09. The summed E-state index contributed by atoms with van der Waals surface area (Å²) in [5, 5.41) is 2.96. The lowest BCUT2D eigenvalue weighted by atomic mass is 9.93. The van der Waals surface area contributed by atoms with Crippen molar-refractivity contribution in [1.82, 2.24) is 4.98 Å². The van der Waals surface area contributed by atoms with E-state index in [4.69, 9.17) is 0 Å². The van der Waals surface area contributed by atoms with Crippen LogP contribution in [0.25, 0.3) is 22.4 Å². The van der Waals surface area contributed by atoms with E-state index in [9.17, 15) is 13.2 Å². The summed E-state index contributed by atoms with van der Waals surface area (Å²) in [7, 11) is -3.44. The minimum Gasteiger partial charge on any atom is -0.322 e. The Kier molecular flexibility index (Phi) is 6.35. The number of carbonyl (C=O) groups excluding carboxylic acids is 1. The Morgan fingerprint density at radius 2 is 1.56 bits per heavy atom. The van der Waals surface area contributed by atoms with Gasteiger partial charge in [-0.25, -0.2) is 8.42 Å². The summed E-state index contributed by atoms with van der Waals surface area (Å²) < 4.78 is 24.5. The number of nitrogens with zero attached hydrogens (tertiary/aromatic N) is 1. The fourth-order valence-corrected chi connectivity index (χ4v) is 4.52. The number of hydrogen-bond acceptors (Lipinski definition) is 4. The molecule has 0 aliphatic rings. The molecule has 0 unspecified atom stereocenters. The van der Waals surface area contributed by atoms with Crippen LogP contribution in [-0.2, 0) is 9.84 Å². The van der Waals surface area contributed by atoms with Crippen molar-refractivity contribution in [3.63, 3.8) is 0 Å². The van der Waals surface area contributed by atoms with Gasteiger partial charge in [0.05, 0.1) is 10.6 Å². The monoisotopic (exact) mass is 470 g/mol. The second-order valence-corrected chi connectivity index (χ2v) is 10.5. The van der Waals surface area contributed by atoms with E-state index in [1.807, 2.05) is 75.4 Å². The van der Waals surface area contributed by atoms with Gasteiger partial charge >= 0.3 is 0 Å². The number of pyridine rings is 1. The van der Waals surface area contributed by atoms with Gasteiger partial charge < -0.3 is 5.32 Å². The fraction of sp³-hybridized carbons (Fsp3) is 0.143. The quantitative estimate of drug-likeness (QED) is 0.388. The van der Waals surface area contributed by atoms with Crippen molar-refractivity contribution in [3.05, 3.63) is 101 Å². The molecule has 0 saturated heterocycles. The molecule has 5 nitrogen and oxygen atoms in total. The summed E-state index contributed by atoms with van der Waals surface area (Å²) in [4.78, 5) is 17.9. The highest BCUT2D eigenvalue weighted by atomic mass is 32.2. The molecule has 1 heterocycles. The molecule has 1 aromatic heterocycles. The van der Waals surface area contributed by atoms with E-state index in [0.717, 1.165) is 27.9 Å². The number of aryl methyl sites for hydroxylation is 2. The summed E-state index contributed by atoms with van der Waals surface area (Å²) in [6.45, 7) is 6.06. The van der Waals surface area contributed by atoms with Gasteiger partial charge in [0.1, 0.15) is 0 Å². The molecule has 0 atom stereocenters.